The molecule has 1 N–H and O–H groups in total. The average Bonchev–Trinajstić information content (AvgIpc) is 2.29. The van der Waals surface area contributed by atoms with Crippen molar-refractivity contribution < 1.29 is 18.6 Å². The molecule has 7 heteroatoms. The standard InChI is InChI=1S/C4H7ClNO4P/c1-9-4(7)3-2-10-11(5,8)6-3/h3H,2H2,1H3,(H,6,8)/t3-,11?/m0/s1. The molecule has 0 saturated carbocycles. The first kappa shape index (κ1) is 9.00. The first-order valence-corrected chi connectivity index (χ1v) is 5.38. The van der Waals surface area contributed by atoms with Crippen LogP contribution in [0.5, 0.6) is 0 Å². The van der Waals surface area contributed by atoms with Crippen molar-refractivity contribution in [2.75, 3.05) is 13.7 Å². The van der Waals surface area contributed by atoms with Crippen molar-refractivity contribution in [3.8, 4) is 0 Å². The molecular weight excluding hydrogens is 192 g/mol. The molecule has 0 aromatic rings. The fraction of sp³-hybridized carbons (Fsp3) is 0.750. The fourth-order valence-corrected chi connectivity index (χ4v) is 2.18. The normalized spacial score (nSPS) is 37.1. The molecule has 1 rings (SSSR count). The third kappa shape index (κ3) is 2.17. The maximum absolute atomic E-state index is 10.9. The third-order valence-electron chi connectivity index (χ3n) is 1.20. The predicted octanol–water partition coefficient (Wildman–Crippen LogP) is 0.495. The molecule has 5 nitrogen and oxygen atoms in total. The van der Waals surface area contributed by atoms with Gasteiger partial charge in [0.2, 0.25) is 0 Å². The molecule has 0 aromatic carbocycles. The Morgan fingerprint density at radius 2 is 2.55 bits per heavy atom. The van der Waals surface area contributed by atoms with E-state index in [-0.39, 0.29) is 6.61 Å². The number of methoxy groups -OCH3 is 1. The molecule has 1 fully saturated rings. The van der Waals surface area contributed by atoms with E-state index in [2.05, 4.69) is 14.3 Å². The highest BCUT2D eigenvalue weighted by atomic mass is 35.7. The molecule has 0 aromatic heterocycles. The quantitative estimate of drug-likeness (QED) is 0.492. The van der Waals surface area contributed by atoms with Crippen LogP contribution in [0.1, 0.15) is 0 Å². The summed E-state index contributed by atoms with van der Waals surface area (Å²) in [5, 5.41) is 2.31. The van der Waals surface area contributed by atoms with Crippen molar-refractivity contribution in [2.24, 2.45) is 0 Å². The second-order valence-corrected chi connectivity index (χ2v) is 4.79. The van der Waals surface area contributed by atoms with Crippen molar-refractivity contribution >= 4 is 24.1 Å². The lowest BCUT2D eigenvalue weighted by molar-refractivity contribution is -0.142. The maximum Gasteiger partial charge on any atom is 0.361 e. The van der Waals surface area contributed by atoms with Gasteiger partial charge in [-0.3, -0.25) is 9.36 Å². The molecule has 0 spiro atoms. The second-order valence-electron chi connectivity index (χ2n) is 1.98. The van der Waals surface area contributed by atoms with Gasteiger partial charge in [-0.25, -0.2) is 5.09 Å². The number of esters is 1. The van der Waals surface area contributed by atoms with Crippen LogP contribution < -0.4 is 5.09 Å². The lowest BCUT2D eigenvalue weighted by Crippen LogP contribution is -2.32. The molecule has 0 radical (unpaired) electrons. The minimum atomic E-state index is -3.25. The monoisotopic (exact) mass is 199 g/mol. The second kappa shape index (κ2) is 3.11. The molecule has 0 bridgehead atoms. The van der Waals surface area contributed by atoms with E-state index in [0.717, 1.165) is 0 Å². The first-order chi connectivity index (χ1) is 5.05. The number of hydrogen-bond acceptors (Lipinski definition) is 4. The molecule has 11 heavy (non-hydrogen) atoms. The van der Waals surface area contributed by atoms with Crippen molar-refractivity contribution in [1.82, 2.24) is 5.09 Å². The maximum atomic E-state index is 10.9. The van der Waals surface area contributed by atoms with Gasteiger partial charge >= 0.3 is 12.8 Å². The van der Waals surface area contributed by atoms with Crippen molar-refractivity contribution in [3.05, 3.63) is 0 Å². The third-order valence-corrected chi connectivity index (χ3v) is 2.89. The zero-order valence-electron chi connectivity index (χ0n) is 5.74. The van der Waals surface area contributed by atoms with Gasteiger partial charge in [0.15, 0.2) is 0 Å². The topological polar surface area (TPSA) is 64.6 Å². The number of rotatable bonds is 1. The van der Waals surface area contributed by atoms with Gasteiger partial charge in [0.25, 0.3) is 0 Å². The van der Waals surface area contributed by atoms with Gasteiger partial charge in [-0.1, -0.05) is 0 Å². The van der Waals surface area contributed by atoms with Gasteiger partial charge in [0.1, 0.15) is 6.04 Å². The highest BCUT2D eigenvalue weighted by Gasteiger charge is 2.37. The Morgan fingerprint density at radius 1 is 1.91 bits per heavy atom. The number of carbonyl (C=O) groups excluding carboxylic acids is 1. The molecule has 1 saturated heterocycles. The van der Waals surface area contributed by atoms with Crippen LogP contribution in [0.15, 0.2) is 0 Å². The van der Waals surface area contributed by atoms with Crippen LogP contribution in [-0.4, -0.2) is 25.7 Å². The van der Waals surface area contributed by atoms with E-state index in [9.17, 15) is 9.36 Å². The smallest absolute Gasteiger partial charge is 0.361 e. The number of nitrogens with one attached hydrogen (secondary N) is 1. The van der Waals surface area contributed by atoms with Gasteiger partial charge in [0, 0.05) is 0 Å². The summed E-state index contributed by atoms with van der Waals surface area (Å²) in [5.74, 6) is -0.525. The van der Waals surface area contributed by atoms with Gasteiger partial charge in [-0.15, -0.1) is 0 Å². The van der Waals surface area contributed by atoms with Gasteiger partial charge in [-0.2, -0.15) is 0 Å². The van der Waals surface area contributed by atoms with Crippen LogP contribution in [0, 0.1) is 0 Å². The Hall–Kier alpha value is -0.0900. The number of ether oxygens (including phenoxy) is 1. The molecule has 1 aliphatic heterocycles. The van der Waals surface area contributed by atoms with Crippen LogP contribution in [0.2, 0.25) is 0 Å². The SMILES string of the molecule is COC(=O)[C@@H]1COP(=O)(Cl)N1. The molecular formula is C4H7ClNO4P. The zero-order valence-corrected chi connectivity index (χ0v) is 7.39. The van der Waals surface area contributed by atoms with Crippen molar-refractivity contribution in [3.63, 3.8) is 0 Å². The van der Waals surface area contributed by atoms with E-state index in [4.69, 9.17) is 11.2 Å². The molecule has 1 aliphatic rings. The molecule has 64 valence electrons. The minimum absolute atomic E-state index is 0.00650. The summed E-state index contributed by atoms with van der Waals surface area (Å²) in [4.78, 5) is 10.8. The summed E-state index contributed by atoms with van der Waals surface area (Å²) < 4.78 is 19.8. The summed E-state index contributed by atoms with van der Waals surface area (Å²) in [6.07, 6.45) is 0. The lowest BCUT2D eigenvalue weighted by atomic mass is 10.3. The largest absolute Gasteiger partial charge is 0.468 e. The van der Waals surface area contributed by atoms with Crippen LogP contribution in [0.25, 0.3) is 0 Å². The van der Waals surface area contributed by atoms with Crippen LogP contribution in [-0.2, 0) is 18.6 Å². The zero-order chi connectivity index (χ0) is 8.48. The summed E-state index contributed by atoms with van der Waals surface area (Å²) in [5.41, 5.74) is 0. The Bertz CT molecular complexity index is 220. The predicted molar refractivity (Wildman–Crippen MR) is 38.4 cm³/mol. The van der Waals surface area contributed by atoms with E-state index >= 15 is 0 Å². The first-order valence-electron chi connectivity index (χ1n) is 2.85. The summed E-state index contributed by atoms with van der Waals surface area (Å²) in [6, 6.07) is -0.705. The number of halogens is 1. The Morgan fingerprint density at radius 3 is 2.91 bits per heavy atom. The Labute approximate surface area is 68.3 Å². The van der Waals surface area contributed by atoms with Gasteiger partial charge in [0.05, 0.1) is 13.7 Å². The molecule has 0 aliphatic carbocycles. The van der Waals surface area contributed by atoms with E-state index in [1.54, 1.807) is 0 Å². The Kier molecular flexibility index (Phi) is 2.54. The molecule has 1 heterocycles. The molecule has 0 amide bonds. The fourth-order valence-electron chi connectivity index (χ4n) is 0.694. The average molecular weight is 200 g/mol. The summed E-state index contributed by atoms with van der Waals surface area (Å²) in [6.45, 7) is -3.25. The van der Waals surface area contributed by atoms with Gasteiger partial charge < -0.3 is 9.26 Å². The lowest BCUT2D eigenvalue weighted by Gasteiger charge is -2.03. The van der Waals surface area contributed by atoms with Crippen LogP contribution in [0.4, 0.5) is 0 Å². The van der Waals surface area contributed by atoms with Crippen LogP contribution >= 0.6 is 18.1 Å². The van der Waals surface area contributed by atoms with Gasteiger partial charge in [-0.05, 0) is 11.2 Å². The van der Waals surface area contributed by atoms with E-state index in [1.807, 2.05) is 0 Å². The highest BCUT2D eigenvalue weighted by molar-refractivity contribution is 7.83. The number of hydrogen-bond donors (Lipinski definition) is 1. The summed E-state index contributed by atoms with van der Waals surface area (Å²) >= 11 is 5.28. The van der Waals surface area contributed by atoms with Crippen molar-refractivity contribution in [1.29, 1.82) is 0 Å². The molecule has 2 atom stereocenters. The van der Waals surface area contributed by atoms with Crippen molar-refractivity contribution in [2.45, 2.75) is 6.04 Å². The van der Waals surface area contributed by atoms with E-state index < -0.39 is 18.9 Å². The van der Waals surface area contributed by atoms with E-state index in [1.165, 1.54) is 7.11 Å². The van der Waals surface area contributed by atoms with Crippen LogP contribution in [0.3, 0.4) is 0 Å². The number of carbonyl (C=O) groups is 1. The Balaban J connectivity index is 2.55. The molecule has 1 unspecified atom stereocenters. The highest BCUT2D eigenvalue weighted by Crippen LogP contribution is 2.52. The minimum Gasteiger partial charge on any atom is -0.468 e. The summed E-state index contributed by atoms with van der Waals surface area (Å²) in [7, 11) is 1.24. The van der Waals surface area contributed by atoms with E-state index in [0.29, 0.717) is 0 Å².